The third-order valence-corrected chi connectivity index (χ3v) is 8.35. The number of ether oxygens (including phenoxy) is 1. The lowest BCUT2D eigenvalue weighted by Crippen LogP contribution is -2.46. The van der Waals surface area contributed by atoms with Crippen LogP contribution in [0, 0.1) is 11.8 Å². The van der Waals surface area contributed by atoms with Crippen LogP contribution in [0.25, 0.3) is 11.3 Å². The molecule has 0 unspecified atom stereocenters. The number of pyridine rings is 1. The second-order valence-electron chi connectivity index (χ2n) is 12.0. The minimum absolute atomic E-state index is 0.0488. The lowest BCUT2D eigenvalue weighted by atomic mass is 10.0. The van der Waals surface area contributed by atoms with Crippen molar-refractivity contribution in [1.82, 2.24) is 34.3 Å². The zero-order chi connectivity index (χ0) is 37.4. The van der Waals surface area contributed by atoms with Gasteiger partial charge in [0.2, 0.25) is 5.95 Å². The van der Waals surface area contributed by atoms with Gasteiger partial charge < -0.3 is 35.5 Å². The first-order valence-electron chi connectivity index (χ1n) is 16.1. The standard InChI is InChI=1S/C28H34ClF2N7O4.C5H7N3O/c1-5-6-13-42-28(41)38-11-9-16(10-12-38)33-26(39)18-8-7-17(14-20(18)29)32-24-22(37(4)27(40)35-24)19-15-21(30)25(36(2)3)34-23(19)31;1-8-3-2-7-5(8)4(6)9/h7-8,14-16,32H,5-6,9-13H2,1-4H3,(H,33,39)(H,35,40);2-3H,1H3,(H2,6,9). The maximum Gasteiger partial charge on any atom is 0.409 e. The molecule has 1 aliphatic heterocycles. The van der Waals surface area contributed by atoms with Gasteiger partial charge in [0.15, 0.2) is 17.5 Å². The number of anilines is 3. The first-order chi connectivity index (χ1) is 24.2. The third kappa shape index (κ3) is 9.42. The van der Waals surface area contributed by atoms with Crippen molar-refractivity contribution in [3.05, 3.63) is 75.3 Å². The number of halogens is 3. The van der Waals surface area contributed by atoms with Crippen molar-refractivity contribution in [2.24, 2.45) is 19.8 Å². The fourth-order valence-corrected chi connectivity index (χ4v) is 5.52. The molecule has 1 fully saturated rings. The van der Waals surface area contributed by atoms with Crippen LogP contribution in [0.5, 0.6) is 0 Å². The number of unbranched alkanes of at least 4 members (excludes halogenated alkanes) is 1. The summed E-state index contributed by atoms with van der Waals surface area (Å²) in [5.74, 6) is -2.38. The van der Waals surface area contributed by atoms with E-state index in [1.807, 2.05) is 6.92 Å². The van der Waals surface area contributed by atoms with Crippen LogP contribution in [0.15, 0.2) is 41.5 Å². The average molecular weight is 731 g/mol. The van der Waals surface area contributed by atoms with E-state index in [-0.39, 0.29) is 57.3 Å². The number of nitrogens with two attached hydrogens (primary N) is 1. The van der Waals surface area contributed by atoms with E-state index in [4.69, 9.17) is 22.1 Å². The molecule has 0 spiro atoms. The number of imidazole rings is 2. The van der Waals surface area contributed by atoms with Gasteiger partial charge in [-0.1, -0.05) is 24.9 Å². The van der Waals surface area contributed by atoms with E-state index in [1.165, 1.54) is 44.4 Å². The molecular weight excluding hydrogens is 690 g/mol. The van der Waals surface area contributed by atoms with Gasteiger partial charge in [-0.2, -0.15) is 9.37 Å². The SMILES string of the molecule is CCCCOC(=O)N1CCC(NC(=O)c2ccc(Nc3[nH]c(=O)n(C)c3-c3cc(F)c(N(C)C)nc3F)cc2Cl)CC1.Cn1ccnc1C(N)=O. The van der Waals surface area contributed by atoms with Gasteiger partial charge in [0.05, 0.1) is 28.5 Å². The number of aromatic nitrogens is 5. The molecule has 15 nitrogen and oxygen atoms in total. The number of piperidine rings is 1. The second kappa shape index (κ2) is 17.0. The Morgan fingerprint density at radius 1 is 1.16 bits per heavy atom. The summed E-state index contributed by atoms with van der Waals surface area (Å²) in [5.41, 5.74) is 4.84. The Balaban J connectivity index is 0.000000563. The van der Waals surface area contributed by atoms with Crippen molar-refractivity contribution in [1.29, 1.82) is 0 Å². The summed E-state index contributed by atoms with van der Waals surface area (Å²) in [5, 5.41) is 6.07. The molecule has 0 atom stereocenters. The number of rotatable bonds is 10. The number of aromatic amines is 1. The summed E-state index contributed by atoms with van der Waals surface area (Å²) < 4.78 is 37.6. The zero-order valence-corrected chi connectivity index (χ0v) is 29.7. The highest BCUT2D eigenvalue weighted by Crippen LogP contribution is 2.32. The number of likely N-dealkylation sites (tertiary alicyclic amines) is 1. The lowest BCUT2D eigenvalue weighted by Gasteiger charge is -2.31. The third-order valence-electron chi connectivity index (χ3n) is 8.03. The molecule has 0 radical (unpaired) electrons. The molecule has 3 amide bonds. The number of amides is 3. The minimum Gasteiger partial charge on any atom is -0.449 e. The normalized spacial score (nSPS) is 12.9. The quantitative estimate of drug-likeness (QED) is 0.137. The van der Waals surface area contributed by atoms with Gasteiger partial charge in [0.25, 0.3) is 11.8 Å². The predicted octanol–water partition coefficient (Wildman–Crippen LogP) is 4.17. The van der Waals surface area contributed by atoms with Crippen molar-refractivity contribution in [2.45, 2.75) is 38.6 Å². The van der Waals surface area contributed by atoms with Crippen LogP contribution in [0.2, 0.25) is 5.02 Å². The summed E-state index contributed by atoms with van der Waals surface area (Å²) in [6.07, 6.45) is 5.78. The maximum atomic E-state index is 15.0. The predicted molar refractivity (Wildman–Crippen MR) is 188 cm³/mol. The topological polar surface area (TPSA) is 186 Å². The molecule has 1 aromatic carbocycles. The number of benzene rings is 1. The first kappa shape index (κ1) is 38.4. The van der Waals surface area contributed by atoms with E-state index in [2.05, 4.69) is 25.6 Å². The molecule has 0 bridgehead atoms. The second-order valence-corrected chi connectivity index (χ2v) is 12.4. The van der Waals surface area contributed by atoms with Crippen molar-refractivity contribution in [3.63, 3.8) is 0 Å². The Labute approximate surface area is 297 Å². The minimum atomic E-state index is -0.956. The molecule has 51 heavy (non-hydrogen) atoms. The number of primary amides is 1. The summed E-state index contributed by atoms with van der Waals surface area (Å²) in [4.78, 5) is 60.9. The maximum absolute atomic E-state index is 15.0. The Bertz CT molecular complexity index is 1930. The number of carbonyl (C=O) groups is 3. The van der Waals surface area contributed by atoms with Crippen LogP contribution in [-0.2, 0) is 18.8 Å². The monoisotopic (exact) mass is 730 g/mol. The van der Waals surface area contributed by atoms with Crippen LogP contribution >= 0.6 is 11.6 Å². The highest BCUT2D eigenvalue weighted by atomic mass is 35.5. The van der Waals surface area contributed by atoms with Gasteiger partial charge in [-0.3, -0.25) is 19.1 Å². The Kier molecular flexibility index (Phi) is 12.8. The van der Waals surface area contributed by atoms with Crippen LogP contribution in [0.1, 0.15) is 53.6 Å². The average Bonchev–Trinajstić information content (AvgIpc) is 3.63. The molecule has 4 heterocycles. The number of aryl methyl sites for hydroxylation is 1. The molecule has 1 aliphatic rings. The first-order valence-corrected chi connectivity index (χ1v) is 16.5. The summed E-state index contributed by atoms with van der Waals surface area (Å²) >= 11 is 6.45. The van der Waals surface area contributed by atoms with Crippen molar-refractivity contribution in [3.8, 4) is 11.3 Å². The summed E-state index contributed by atoms with van der Waals surface area (Å²) in [6.45, 7) is 3.37. The summed E-state index contributed by atoms with van der Waals surface area (Å²) in [7, 11) is 6.20. The van der Waals surface area contributed by atoms with Crippen LogP contribution in [-0.4, -0.2) is 86.7 Å². The van der Waals surface area contributed by atoms with Crippen molar-refractivity contribution >= 4 is 46.8 Å². The number of nitrogens with zero attached hydrogens (tertiary/aromatic N) is 6. The van der Waals surface area contributed by atoms with Gasteiger partial charge >= 0.3 is 11.8 Å². The molecule has 0 saturated carbocycles. The van der Waals surface area contributed by atoms with Gasteiger partial charge in [-0.15, -0.1) is 0 Å². The molecular formula is C33H41ClF2N10O5. The van der Waals surface area contributed by atoms with Crippen molar-refractivity contribution in [2.75, 3.05) is 44.0 Å². The van der Waals surface area contributed by atoms with E-state index in [0.29, 0.717) is 38.2 Å². The molecule has 274 valence electrons. The number of carbonyl (C=O) groups excluding carboxylic acids is 3. The number of H-pyrrole nitrogens is 1. The number of hydrogen-bond donors (Lipinski definition) is 4. The highest BCUT2D eigenvalue weighted by molar-refractivity contribution is 6.34. The number of nitrogens with one attached hydrogen (secondary N) is 3. The fourth-order valence-electron chi connectivity index (χ4n) is 5.25. The van der Waals surface area contributed by atoms with Gasteiger partial charge in [-0.05, 0) is 43.5 Å². The molecule has 1 saturated heterocycles. The Morgan fingerprint density at radius 3 is 2.43 bits per heavy atom. The van der Waals surface area contributed by atoms with Crippen LogP contribution < -0.4 is 27.0 Å². The fraction of sp³-hybridized carbons (Fsp3) is 0.394. The smallest absolute Gasteiger partial charge is 0.409 e. The zero-order valence-electron chi connectivity index (χ0n) is 28.9. The van der Waals surface area contributed by atoms with E-state index in [0.717, 1.165) is 23.5 Å². The van der Waals surface area contributed by atoms with E-state index >= 15 is 0 Å². The Morgan fingerprint density at radius 2 is 1.86 bits per heavy atom. The largest absolute Gasteiger partial charge is 0.449 e. The van der Waals surface area contributed by atoms with E-state index in [1.54, 1.807) is 28.8 Å². The molecule has 18 heteroatoms. The van der Waals surface area contributed by atoms with Gasteiger partial charge in [0.1, 0.15) is 5.82 Å². The van der Waals surface area contributed by atoms with Gasteiger partial charge in [0, 0.05) is 65.4 Å². The van der Waals surface area contributed by atoms with Gasteiger partial charge in [-0.25, -0.2) is 19.0 Å². The molecule has 4 aromatic rings. The number of hydrogen-bond acceptors (Lipinski definition) is 9. The van der Waals surface area contributed by atoms with Crippen molar-refractivity contribution < 1.29 is 27.9 Å². The molecule has 5 N–H and O–H groups in total. The van der Waals surface area contributed by atoms with Crippen LogP contribution in [0.4, 0.5) is 30.9 Å². The van der Waals surface area contributed by atoms with E-state index in [9.17, 15) is 28.0 Å². The van der Waals surface area contributed by atoms with Crippen LogP contribution in [0.3, 0.4) is 0 Å². The molecule has 3 aromatic heterocycles. The molecule has 5 rings (SSSR count). The summed E-state index contributed by atoms with van der Waals surface area (Å²) in [6, 6.07) is 5.44. The lowest BCUT2D eigenvalue weighted by molar-refractivity contribution is 0.0835. The molecule has 0 aliphatic carbocycles. The highest BCUT2D eigenvalue weighted by Gasteiger charge is 2.26. The van der Waals surface area contributed by atoms with E-state index < -0.39 is 23.4 Å². The Hall–Kier alpha value is -5.45.